The van der Waals surface area contributed by atoms with E-state index < -0.39 is 6.10 Å². The van der Waals surface area contributed by atoms with Crippen LogP contribution in [0.3, 0.4) is 0 Å². The molecule has 0 aliphatic rings. The van der Waals surface area contributed by atoms with Crippen LogP contribution in [0.5, 0.6) is 0 Å². The fourth-order valence-corrected chi connectivity index (χ4v) is 2.73. The molecule has 0 aliphatic heterocycles. The average Bonchev–Trinajstić information content (AvgIpc) is 3.11. The Morgan fingerprint density at radius 3 is 2.38 bits per heavy atom. The van der Waals surface area contributed by atoms with E-state index in [0.717, 1.165) is 17.0 Å². The molecule has 2 atom stereocenters. The van der Waals surface area contributed by atoms with Crippen molar-refractivity contribution in [1.82, 2.24) is 14.9 Å². The van der Waals surface area contributed by atoms with E-state index in [9.17, 15) is 4.79 Å². The second-order valence-corrected chi connectivity index (χ2v) is 6.19. The number of imidazole rings is 1. The van der Waals surface area contributed by atoms with Crippen molar-refractivity contribution >= 4 is 5.91 Å². The average molecular weight is 349 g/mol. The highest BCUT2D eigenvalue weighted by molar-refractivity contribution is 5.81. The van der Waals surface area contributed by atoms with E-state index in [-0.39, 0.29) is 11.9 Å². The molecule has 26 heavy (non-hydrogen) atoms. The van der Waals surface area contributed by atoms with E-state index >= 15 is 0 Å². The van der Waals surface area contributed by atoms with Gasteiger partial charge in [0.15, 0.2) is 0 Å². The zero-order valence-electron chi connectivity index (χ0n) is 15.0. The van der Waals surface area contributed by atoms with Gasteiger partial charge in [0.2, 0.25) is 5.91 Å². The summed E-state index contributed by atoms with van der Waals surface area (Å²) in [5.41, 5.74) is 2.02. The summed E-state index contributed by atoms with van der Waals surface area (Å²) in [7, 11) is 1.92. The number of rotatable bonds is 7. The summed E-state index contributed by atoms with van der Waals surface area (Å²) in [5.74, 6) is 0.609. The van der Waals surface area contributed by atoms with Gasteiger partial charge >= 0.3 is 0 Å². The van der Waals surface area contributed by atoms with Crippen molar-refractivity contribution in [2.45, 2.75) is 25.7 Å². The van der Waals surface area contributed by atoms with Crippen LogP contribution in [0.1, 0.15) is 29.9 Å². The number of nitrogens with zero attached hydrogens (tertiary/aromatic N) is 2. The van der Waals surface area contributed by atoms with Crippen molar-refractivity contribution < 1.29 is 9.53 Å². The number of ether oxygens (including phenoxy) is 1. The van der Waals surface area contributed by atoms with Gasteiger partial charge in [0.1, 0.15) is 18.0 Å². The molecule has 3 rings (SSSR count). The minimum atomic E-state index is -0.568. The molecule has 5 nitrogen and oxygen atoms in total. The van der Waals surface area contributed by atoms with Crippen LogP contribution in [-0.2, 0) is 23.2 Å². The molecule has 0 fully saturated rings. The molecule has 0 radical (unpaired) electrons. The molecule has 1 amide bonds. The SMILES string of the molecule is CC(OCc1ccccc1)C(=O)NC(c1ccccc1)c1nccn1C. The number of hydrogen-bond acceptors (Lipinski definition) is 3. The summed E-state index contributed by atoms with van der Waals surface area (Å²) in [6.45, 7) is 2.16. The molecule has 0 aliphatic carbocycles. The largest absolute Gasteiger partial charge is 0.364 e. The summed E-state index contributed by atoms with van der Waals surface area (Å²) < 4.78 is 7.65. The maximum absolute atomic E-state index is 12.7. The Bertz CT molecular complexity index is 831. The van der Waals surface area contributed by atoms with Crippen LogP contribution in [0.25, 0.3) is 0 Å². The third-order valence-corrected chi connectivity index (χ3v) is 4.25. The number of carbonyl (C=O) groups is 1. The maximum atomic E-state index is 12.7. The second kappa shape index (κ2) is 8.45. The first kappa shape index (κ1) is 17.9. The zero-order valence-corrected chi connectivity index (χ0v) is 15.0. The van der Waals surface area contributed by atoms with Gasteiger partial charge in [-0.25, -0.2) is 4.98 Å². The number of hydrogen-bond donors (Lipinski definition) is 1. The van der Waals surface area contributed by atoms with Crippen molar-refractivity contribution in [3.63, 3.8) is 0 Å². The van der Waals surface area contributed by atoms with Crippen molar-refractivity contribution in [3.8, 4) is 0 Å². The normalized spacial score (nSPS) is 13.2. The lowest BCUT2D eigenvalue weighted by molar-refractivity contribution is -0.133. The van der Waals surface area contributed by atoms with Gasteiger partial charge in [0.05, 0.1) is 6.61 Å². The van der Waals surface area contributed by atoms with Crippen LogP contribution < -0.4 is 5.32 Å². The van der Waals surface area contributed by atoms with E-state index in [4.69, 9.17) is 4.74 Å². The Balaban J connectivity index is 1.70. The first-order chi connectivity index (χ1) is 12.6. The summed E-state index contributed by atoms with van der Waals surface area (Å²) >= 11 is 0. The third-order valence-electron chi connectivity index (χ3n) is 4.25. The van der Waals surface area contributed by atoms with Gasteiger partial charge in [0.25, 0.3) is 0 Å². The molecule has 0 bridgehead atoms. The fraction of sp³-hybridized carbons (Fsp3) is 0.238. The number of carbonyl (C=O) groups excluding carboxylic acids is 1. The minimum Gasteiger partial charge on any atom is -0.364 e. The molecule has 134 valence electrons. The van der Waals surface area contributed by atoms with E-state index in [1.54, 1.807) is 13.1 Å². The molecule has 1 aromatic heterocycles. The number of amides is 1. The van der Waals surface area contributed by atoms with Crippen molar-refractivity contribution in [1.29, 1.82) is 0 Å². The summed E-state index contributed by atoms with van der Waals surface area (Å²) in [5, 5.41) is 3.07. The Morgan fingerprint density at radius 2 is 1.77 bits per heavy atom. The number of benzene rings is 2. The van der Waals surface area contributed by atoms with Crippen molar-refractivity contribution in [3.05, 3.63) is 90.0 Å². The molecule has 5 heteroatoms. The summed E-state index contributed by atoms with van der Waals surface area (Å²) in [6.07, 6.45) is 3.03. The number of aryl methyl sites for hydroxylation is 1. The zero-order chi connectivity index (χ0) is 18.4. The van der Waals surface area contributed by atoms with Gasteiger partial charge in [-0.1, -0.05) is 60.7 Å². The predicted molar refractivity (Wildman–Crippen MR) is 100 cm³/mol. The number of nitrogens with one attached hydrogen (secondary N) is 1. The third kappa shape index (κ3) is 4.37. The van der Waals surface area contributed by atoms with E-state index in [0.29, 0.717) is 6.61 Å². The lowest BCUT2D eigenvalue weighted by Gasteiger charge is -2.21. The molecule has 2 unspecified atom stereocenters. The molecular formula is C21H23N3O2. The molecule has 0 saturated carbocycles. The Morgan fingerprint density at radius 1 is 1.12 bits per heavy atom. The van der Waals surface area contributed by atoms with Crippen LogP contribution in [0, 0.1) is 0 Å². The lowest BCUT2D eigenvalue weighted by atomic mass is 10.1. The molecule has 0 saturated heterocycles. The van der Waals surface area contributed by atoms with Crippen LogP contribution >= 0.6 is 0 Å². The lowest BCUT2D eigenvalue weighted by Crippen LogP contribution is -2.38. The Kier molecular flexibility index (Phi) is 5.81. The molecular weight excluding hydrogens is 326 g/mol. The monoisotopic (exact) mass is 349 g/mol. The van der Waals surface area contributed by atoms with Crippen molar-refractivity contribution in [2.24, 2.45) is 7.05 Å². The van der Waals surface area contributed by atoms with Crippen LogP contribution in [-0.4, -0.2) is 21.6 Å². The van der Waals surface area contributed by atoms with Crippen LogP contribution in [0.2, 0.25) is 0 Å². The van der Waals surface area contributed by atoms with Gasteiger partial charge in [0, 0.05) is 19.4 Å². The number of aromatic nitrogens is 2. The van der Waals surface area contributed by atoms with Gasteiger partial charge in [-0.15, -0.1) is 0 Å². The first-order valence-corrected chi connectivity index (χ1v) is 8.63. The summed E-state index contributed by atoms with van der Waals surface area (Å²) in [6, 6.07) is 19.3. The molecule has 1 N–H and O–H groups in total. The second-order valence-electron chi connectivity index (χ2n) is 6.19. The maximum Gasteiger partial charge on any atom is 0.249 e. The van der Waals surface area contributed by atoms with Gasteiger partial charge < -0.3 is 14.6 Å². The van der Waals surface area contributed by atoms with Gasteiger partial charge in [-0.2, -0.15) is 0 Å². The summed E-state index contributed by atoms with van der Waals surface area (Å²) in [4.78, 5) is 17.1. The highest BCUT2D eigenvalue weighted by Crippen LogP contribution is 2.20. The Labute approximate surface area is 153 Å². The highest BCUT2D eigenvalue weighted by atomic mass is 16.5. The highest BCUT2D eigenvalue weighted by Gasteiger charge is 2.23. The minimum absolute atomic E-state index is 0.169. The Hall–Kier alpha value is -2.92. The van der Waals surface area contributed by atoms with Gasteiger partial charge in [-0.3, -0.25) is 4.79 Å². The van der Waals surface area contributed by atoms with Crippen molar-refractivity contribution in [2.75, 3.05) is 0 Å². The van der Waals surface area contributed by atoms with Crippen LogP contribution in [0.15, 0.2) is 73.1 Å². The van der Waals surface area contributed by atoms with E-state index in [1.807, 2.05) is 78.5 Å². The molecule has 0 spiro atoms. The first-order valence-electron chi connectivity index (χ1n) is 8.63. The predicted octanol–water partition coefficient (Wildman–Crippen LogP) is 3.23. The quantitative estimate of drug-likeness (QED) is 0.712. The topological polar surface area (TPSA) is 56.1 Å². The standard InChI is InChI=1S/C21H23N3O2/c1-16(26-15-17-9-5-3-6-10-17)21(25)23-19(18-11-7-4-8-12-18)20-22-13-14-24(20)2/h3-14,16,19H,15H2,1-2H3,(H,23,25). The fourth-order valence-electron chi connectivity index (χ4n) is 2.73. The smallest absolute Gasteiger partial charge is 0.249 e. The van der Waals surface area contributed by atoms with E-state index in [2.05, 4.69) is 10.3 Å². The molecule has 3 aromatic rings. The molecule has 2 aromatic carbocycles. The van der Waals surface area contributed by atoms with Crippen LogP contribution in [0.4, 0.5) is 0 Å². The molecule has 1 heterocycles. The van der Waals surface area contributed by atoms with E-state index in [1.165, 1.54) is 0 Å². The van der Waals surface area contributed by atoms with Gasteiger partial charge in [-0.05, 0) is 18.1 Å².